The Morgan fingerprint density at radius 3 is 2.78 bits per heavy atom. The monoisotopic (exact) mass is 387 g/mol. The van der Waals surface area contributed by atoms with Gasteiger partial charge in [0.05, 0.1) is 23.2 Å². The maximum atomic E-state index is 12.6. The molecule has 0 aromatic heterocycles. The minimum atomic E-state index is -0.134. The largest absolute Gasteiger partial charge is 0.488 e. The zero-order chi connectivity index (χ0) is 18.6. The van der Waals surface area contributed by atoms with Crippen molar-refractivity contribution in [2.75, 3.05) is 18.5 Å². The van der Waals surface area contributed by atoms with E-state index >= 15 is 0 Å². The number of para-hydroxylation sites is 2. The zero-order valence-corrected chi connectivity index (χ0v) is 15.8. The number of rotatable bonds is 5. The summed E-state index contributed by atoms with van der Waals surface area (Å²) in [7, 11) is 0. The molecule has 0 spiro atoms. The molecule has 2 aliphatic rings. The molecule has 1 amide bonds. The number of halogens is 1. The highest BCUT2D eigenvalue weighted by molar-refractivity contribution is 6.32. The molecule has 0 unspecified atom stereocenters. The minimum absolute atomic E-state index is 0.134. The van der Waals surface area contributed by atoms with Crippen molar-refractivity contribution in [1.29, 1.82) is 0 Å². The fourth-order valence-electron chi connectivity index (χ4n) is 3.50. The van der Waals surface area contributed by atoms with E-state index in [-0.39, 0.29) is 18.4 Å². The normalized spacial score (nSPS) is 16.2. The van der Waals surface area contributed by atoms with Gasteiger partial charge >= 0.3 is 0 Å². The highest BCUT2D eigenvalue weighted by atomic mass is 35.5. The van der Waals surface area contributed by atoms with E-state index in [0.717, 1.165) is 24.2 Å². The average Bonchev–Trinajstić information content (AvgIpc) is 3.16. The number of carbonyl (C=O) groups excluding carboxylic acids is 1. The summed E-state index contributed by atoms with van der Waals surface area (Å²) in [5.74, 6) is 1.71. The standard InChI is InChI=1S/C21H22ClNO4/c22-16-11-14(12-19-21(16)26-10-9-25-19)13-20(24)23-17-7-3-4-8-18(17)27-15-5-1-2-6-15/h3-4,7-8,11-12,15H,1-2,5-6,9-10,13H2,(H,23,24). The van der Waals surface area contributed by atoms with Gasteiger partial charge in [0.1, 0.15) is 19.0 Å². The molecule has 1 aliphatic carbocycles. The Kier molecular flexibility index (Phi) is 5.39. The molecular weight excluding hydrogens is 366 g/mol. The Labute approximate surface area is 163 Å². The second-order valence-electron chi connectivity index (χ2n) is 6.85. The molecule has 0 bridgehead atoms. The first-order chi connectivity index (χ1) is 13.2. The van der Waals surface area contributed by atoms with Crippen molar-refractivity contribution in [2.24, 2.45) is 0 Å². The van der Waals surface area contributed by atoms with Crippen LogP contribution in [0.1, 0.15) is 31.2 Å². The number of ether oxygens (including phenoxy) is 3. The lowest BCUT2D eigenvalue weighted by molar-refractivity contribution is -0.115. The Balaban J connectivity index is 1.45. The number of amides is 1. The van der Waals surface area contributed by atoms with Crippen LogP contribution in [0.4, 0.5) is 5.69 Å². The average molecular weight is 388 g/mol. The van der Waals surface area contributed by atoms with E-state index < -0.39 is 0 Å². The molecule has 0 radical (unpaired) electrons. The Bertz CT molecular complexity index is 833. The molecule has 2 aromatic rings. The Morgan fingerprint density at radius 1 is 1.15 bits per heavy atom. The van der Waals surface area contributed by atoms with Crippen LogP contribution in [-0.2, 0) is 11.2 Å². The third kappa shape index (κ3) is 4.30. The van der Waals surface area contributed by atoms with Gasteiger partial charge in [-0.1, -0.05) is 23.7 Å². The molecule has 1 fully saturated rings. The third-order valence-electron chi connectivity index (χ3n) is 4.78. The van der Waals surface area contributed by atoms with Crippen LogP contribution < -0.4 is 19.5 Å². The van der Waals surface area contributed by atoms with E-state index in [1.54, 1.807) is 12.1 Å². The number of anilines is 1. The van der Waals surface area contributed by atoms with Gasteiger partial charge in [0.15, 0.2) is 11.5 Å². The second kappa shape index (κ2) is 8.09. The summed E-state index contributed by atoms with van der Waals surface area (Å²) < 4.78 is 17.2. The number of benzene rings is 2. The van der Waals surface area contributed by atoms with Crippen molar-refractivity contribution >= 4 is 23.2 Å². The molecule has 1 aliphatic heterocycles. The predicted molar refractivity (Wildman–Crippen MR) is 104 cm³/mol. The lowest BCUT2D eigenvalue weighted by Gasteiger charge is -2.20. The molecular formula is C21H22ClNO4. The van der Waals surface area contributed by atoms with Crippen molar-refractivity contribution in [1.82, 2.24) is 0 Å². The first kappa shape index (κ1) is 18.0. The quantitative estimate of drug-likeness (QED) is 0.813. The van der Waals surface area contributed by atoms with Crippen LogP contribution in [0.2, 0.25) is 5.02 Å². The number of carbonyl (C=O) groups is 1. The first-order valence-electron chi connectivity index (χ1n) is 9.32. The van der Waals surface area contributed by atoms with Crippen molar-refractivity contribution in [2.45, 2.75) is 38.2 Å². The van der Waals surface area contributed by atoms with Crippen molar-refractivity contribution in [3.63, 3.8) is 0 Å². The predicted octanol–water partition coefficient (Wildman–Crippen LogP) is 4.61. The van der Waals surface area contributed by atoms with E-state index in [9.17, 15) is 4.79 Å². The van der Waals surface area contributed by atoms with E-state index in [0.29, 0.717) is 35.4 Å². The third-order valence-corrected chi connectivity index (χ3v) is 5.06. The van der Waals surface area contributed by atoms with Gasteiger partial charge in [-0.3, -0.25) is 4.79 Å². The number of fused-ring (bicyclic) bond motifs is 1. The summed E-state index contributed by atoms with van der Waals surface area (Å²) in [5, 5.41) is 3.41. The van der Waals surface area contributed by atoms with Crippen molar-refractivity contribution in [3.05, 3.63) is 47.0 Å². The maximum Gasteiger partial charge on any atom is 0.228 e. The van der Waals surface area contributed by atoms with E-state index in [2.05, 4.69) is 5.32 Å². The SMILES string of the molecule is O=C(Cc1cc(Cl)c2c(c1)OCCO2)Nc1ccccc1OC1CCCC1. The number of hydrogen-bond donors (Lipinski definition) is 1. The number of hydrogen-bond acceptors (Lipinski definition) is 4. The Morgan fingerprint density at radius 2 is 1.93 bits per heavy atom. The van der Waals surface area contributed by atoms with E-state index in [4.69, 9.17) is 25.8 Å². The van der Waals surface area contributed by atoms with Crippen molar-refractivity contribution < 1.29 is 19.0 Å². The van der Waals surface area contributed by atoms with Gasteiger partial charge in [-0.2, -0.15) is 0 Å². The summed E-state index contributed by atoms with van der Waals surface area (Å²) in [4.78, 5) is 12.6. The number of nitrogens with one attached hydrogen (secondary N) is 1. The smallest absolute Gasteiger partial charge is 0.228 e. The molecule has 0 atom stereocenters. The van der Waals surface area contributed by atoms with Crippen LogP contribution in [0.25, 0.3) is 0 Å². The van der Waals surface area contributed by atoms with Crippen LogP contribution in [0, 0.1) is 0 Å². The van der Waals surface area contributed by atoms with Crippen molar-refractivity contribution in [3.8, 4) is 17.2 Å². The van der Waals surface area contributed by atoms with Gasteiger partial charge < -0.3 is 19.5 Å². The molecule has 0 saturated heterocycles. The zero-order valence-electron chi connectivity index (χ0n) is 15.0. The summed E-state index contributed by atoms with van der Waals surface area (Å²) in [6.45, 7) is 0.954. The summed E-state index contributed by atoms with van der Waals surface area (Å²) in [5.41, 5.74) is 1.47. The van der Waals surface area contributed by atoms with Gasteiger partial charge in [-0.25, -0.2) is 0 Å². The molecule has 5 nitrogen and oxygen atoms in total. The summed E-state index contributed by atoms with van der Waals surface area (Å²) >= 11 is 6.25. The fourth-order valence-corrected chi connectivity index (χ4v) is 3.79. The first-order valence-corrected chi connectivity index (χ1v) is 9.70. The van der Waals surface area contributed by atoms with Gasteiger partial charge in [-0.05, 0) is 55.5 Å². The summed E-state index contributed by atoms with van der Waals surface area (Å²) in [6, 6.07) is 11.1. The highest BCUT2D eigenvalue weighted by Crippen LogP contribution is 2.38. The topological polar surface area (TPSA) is 56.8 Å². The van der Waals surface area contributed by atoms with Crippen LogP contribution in [0.5, 0.6) is 17.2 Å². The molecule has 4 rings (SSSR count). The van der Waals surface area contributed by atoms with Crippen LogP contribution in [-0.4, -0.2) is 25.2 Å². The van der Waals surface area contributed by atoms with Gasteiger partial charge in [0.2, 0.25) is 5.91 Å². The molecule has 1 saturated carbocycles. The lowest BCUT2D eigenvalue weighted by atomic mass is 10.1. The van der Waals surface area contributed by atoms with Crippen LogP contribution in [0.15, 0.2) is 36.4 Å². The Hall–Kier alpha value is -2.40. The van der Waals surface area contributed by atoms with Crippen LogP contribution in [0.3, 0.4) is 0 Å². The van der Waals surface area contributed by atoms with Gasteiger partial charge in [0.25, 0.3) is 0 Å². The second-order valence-corrected chi connectivity index (χ2v) is 7.25. The fraction of sp³-hybridized carbons (Fsp3) is 0.381. The molecule has 27 heavy (non-hydrogen) atoms. The van der Waals surface area contributed by atoms with Gasteiger partial charge in [-0.15, -0.1) is 0 Å². The lowest BCUT2D eigenvalue weighted by Crippen LogP contribution is -2.18. The van der Waals surface area contributed by atoms with Gasteiger partial charge in [0, 0.05) is 0 Å². The summed E-state index contributed by atoms with van der Waals surface area (Å²) in [6.07, 6.45) is 4.96. The highest BCUT2D eigenvalue weighted by Gasteiger charge is 2.20. The van der Waals surface area contributed by atoms with E-state index in [1.165, 1.54) is 12.8 Å². The molecule has 142 valence electrons. The maximum absolute atomic E-state index is 12.6. The van der Waals surface area contributed by atoms with Crippen LogP contribution >= 0.6 is 11.6 Å². The minimum Gasteiger partial charge on any atom is -0.488 e. The van der Waals surface area contributed by atoms with E-state index in [1.807, 2.05) is 24.3 Å². The molecule has 1 N–H and O–H groups in total. The molecule has 2 aromatic carbocycles. The molecule has 6 heteroatoms. The molecule has 1 heterocycles.